The molecule has 1 fully saturated rings. The molecule has 4 atom stereocenters. The second kappa shape index (κ2) is 11.8. The van der Waals surface area contributed by atoms with Gasteiger partial charge in [-0.1, -0.05) is 52.2 Å². The van der Waals surface area contributed by atoms with Crippen LogP contribution in [-0.4, -0.2) is 33.5 Å². The zero-order valence-corrected chi connectivity index (χ0v) is 17.0. The topological polar surface area (TPSA) is 77.8 Å². The zero-order valence-electron chi connectivity index (χ0n) is 17.0. The van der Waals surface area contributed by atoms with Gasteiger partial charge in [-0.15, -0.1) is 0 Å². The summed E-state index contributed by atoms with van der Waals surface area (Å²) in [5.74, 6) is 0.114. The highest BCUT2D eigenvalue weighted by Crippen LogP contribution is 2.39. The molecule has 0 aromatic rings. The number of hydrogen-bond donors (Lipinski definition) is 3. The number of carboxylic acid groups (broad SMARTS) is 1. The molecule has 0 radical (unpaired) electrons. The fourth-order valence-corrected chi connectivity index (χ4v) is 4.30. The molecule has 3 N–H and O–H groups in total. The van der Waals surface area contributed by atoms with E-state index in [0.717, 1.165) is 64.2 Å². The molecule has 1 rings (SSSR count). The Bertz CT molecular complexity index is 430. The third-order valence-corrected chi connectivity index (χ3v) is 5.85. The quantitative estimate of drug-likeness (QED) is 0.318. The Hall–Kier alpha value is -0.870. The normalized spacial score (nSPS) is 25.0. The fourth-order valence-electron chi connectivity index (χ4n) is 4.30. The Morgan fingerprint density at radius 1 is 1.23 bits per heavy atom. The zero-order chi connectivity index (χ0) is 19.6. The first-order valence-electron chi connectivity index (χ1n) is 10.5. The first-order chi connectivity index (χ1) is 12.2. The molecule has 26 heavy (non-hydrogen) atoms. The number of allylic oxidation sites excluding steroid dienone is 1. The summed E-state index contributed by atoms with van der Waals surface area (Å²) < 4.78 is 0. The number of rotatable bonds is 13. The summed E-state index contributed by atoms with van der Waals surface area (Å²) in [5.41, 5.74) is -0.158. The molecule has 0 aromatic carbocycles. The number of carboxylic acids is 1. The van der Waals surface area contributed by atoms with Crippen molar-refractivity contribution in [3.8, 4) is 0 Å². The summed E-state index contributed by atoms with van der Waals surface area (Å²) in [6, 6.07) is 0. The smallest absolute Gasteiger partial charge is 0.303 e. The van der Waals surface area contributed by atoms with E-state index >= 15 is 0 Å². The first-order valence-corrected chi connectivity index (χ1v) is 10.5. The van der Waals surface area contributed by atoms with Gasteiger partial charge in [0.1, 0.15) is 0 Å². The number of aliphatic carboxylic acids is 1. The molecule has 0 heterocycles. The van der Waals surface area contributed by atoms with Crippen molar-refractivity contribution in [1.82, 2.24) is 0 Å². The maximum Gasteiger partial charge on any atom is 0.303 e. The molecule has 4 heteroatoms. The number of carbonyl (C=O) groups is 1. The lowest BCUT2D eigenvalue weighted by molar-refractivity contribution is -0.139. The van der Waals surface area contributed by atoms with Crippen LogP contribution in [0.5, 0.6) is 0 Å². The van der Waals surface area contributed by atoms with Gasteiger partial charge in [-0.2, -0.15) is 0 Å². The van der Waals surface area contributed by atoms with Gasteiger partial charge >= 0.3 is 5.97 Å². The summed E-state index contributed by atoms with van der Waals surface area (Å²) in [7, 11) is 0. The van der Waals surface area contributed by atoms with E-state index in [0.29, 0.717) is 11.8 Å². The fraction of sp³-hybridized carbons (Fsp3) is 0.864. The lowest BCUT2D eigenvalue weighted by atomic mass is 9.81. The first kappa shape index (κ1) is 23.2. The second-order valence-electron chi connectivity index (χ2n) is 8.91. The molecule has 0 spiro atoms. The van der Waals surface area contributed by atoms with Crippen molar-refractivity contribution in [2.24, 2.45) is 17.3 Å². The average Bonchev–Trinajstić information content (AvgIpc) is 2.89. The largest absolute Gasteiger partial charge is 0.481 e. The number of hydrogen-bond acceptors (Lipinski definition) is 3. The summed E-state index contributed by atoms with van der Waals surface area (Å²) >= 11 is 0. The van der Waals surface area contributed by atoms with Gasteiger partial charge in [0.25, 0.3) is 0 Å². The van der Waals surface area contributed by atoms with Crippen molar-refractivity contribution >= 4 is 5.97 Å². The number of unbranched alkanes of at least 4 members (excludes halogenated alkanes) is 2. The molecule has 4 nitrogen and oxygen atoms in total. The minimum atomic E-state index is -0.729. The van der Waals surface area contributed by atoms with Crippen molar-refractivity contribution in [2.75, 3.05) is 0 Å². The van der Waals surface area contributed by atoms with Crippen LogP contribution in [0.25, 0.3) is 0 Å². The van der Waals surface area contributed by atoms with Crippen molar-refractivity contribution in [3.05, 3.63) is 12.2 Å². The van der Waals surface area contributed by atoms with E-state index in [1.165, 1.54) is 0 Å². The molecule has 0 aromatic heterocycles. The number of aliphatic hydroxyl groups excluding tert-OH is 2. The predicted octanol–water partition coefficient (Wildman–Crippen LogP) is 4.93. The van der Waals surface area contributed by atoms with Crippen molar-refractivity contribution in [1.29, 1.82) is 0 Å². The van der Waals surface area contributed by atoms with Gasteiger partial charge in [0.05, 0.1) is 18.6 Å². The van der Waals surface area contributed by atoms with Crippen LogP contribution in [0.15, 0.2) is 12.2 Å². The molecule has 0 bridgehead atoms. The molecule has 1 unspecified atom stereocenters. The van der Waals surface area contributed by atoms with Crippen molar-refractivity contribution in [3.63, 3.8) is 0 Å². The lowest BCUT2D eigenvalue weighted by Gasteiger charge is -2.25. The molecular formula is C22H40O4. The minimum Gasteiger partial charge on any atom is -0.481 e. The van der Waals surface area contributed by atoms with Crippen LogP contribution < -0.4 is 0 Å². The predicted molar refractivity (Wildman–Crippen MR) is 106 cm³/mol. The average molecular weight is 369 g/mol. The molecule has 1 aliphatic rings. The highest BCUT2D eigenvalue weighted by molar-refractivity contribution is 5.67. The monoisotopic (exact) mass is 368 g/mol. The maximum absolute atomic E-state index is 10.9. The highest BCUT2D eigenvalue weighted by Gasteiger charge is 2.34. The Balaban J connectivity index is 2.33. The van der Waals surface area contributed by atoms with Crippen LogP contribution in [0.4, 0.5) is 0 Å². The number of aliphatic hydroxyl groups is 2. The Morgan fingerprint density at radius 3 is 2.62 bits per heavy atom. The molecule has 1 saturated carbocycles. The van der Waals surface area contributed by atoms with Gasteiger partial charge in [-0.05, 0) is 62.2 Å². The van der Waals surface area contributed by atoms with E-state index in [9.17, 15) is 15.0 Å². The van der Waals surface area contributed by atoms with E-state index in [1.807, 2.05) is 19.9 Å². The molecule has 1 aliphatic carbocycles. The van der Waals surface area contributed by atoms with E-state index in [4.69, 9.17) is 5.11 Å². The van der Waals surface area contributed by atoms with Crippen LogP contribution >= 0.6 is 0 Å². The molecule has 152 valence electrons. The minimum absolute atomic E-state index is 0.158. The van der Waals surface area contributed by atoms with Crippen LogP contribution in [-0.2, 0) is 4.79 Å². The van der Waals surface area contributed by atoms with Gasteiger partial charge in [-0.3, -0.25) is 4.79 Å². The van der Waals surface area contributed by atoms with E-state index in [2.05, 4.69) is 13.0 Å². The molecular weight excluding hydrogens is 328 g/mol. The van der Waals surface area contributed by atoms with E-state index < -0.39 is 5.97 Å². The van der Waals surface area contributed by atoms with Gasteiger partial charge in [0.15, 0.2) is 0 Å². The standard InChI is InChI=1S/C22H40O4/c1-4-5-6-9-18(23)13-11-17-12-14-20(24)19(17)10-7-8-15-22(2,3)16-21(25)26/h6,9,17-20,23-24H,4-5,7-8,10-16H2,1-3H3,(H,25,26)/t17-,18?,19+,20-/m0/s1. The van der Waals surface area contributed by atoms with Gasteiger partial charge in [0, 0.05) is 0 Å². The maximum atomic E-state index is 10.9. The molecule has 0 aliphatic heterocycles. The van der Waals surface area contributed by atoms with E-state index in [-0.39, 0.29) is 24.0 Å². The van der Waals surface area contributed by atoms with Crippen LogP contribution in [0.2, 0.25) is 0 Å². The van der Waals surface area contributed by atoms with Gasteiger partial charge < -0.3 is 15.3 Å². The van der Waals surface area contributed by atoms with Crippen molar-refractivity contribution < 1.29 is 20.1 Å². The van der Waals surface area contributed by atoms with Gasteiger partial charge in [0.2, 0.25) is 0 Å². The molecule has 0 saturated heterocycles. The highest BCUT2D eigenvalue weighted by atomic mass is 16.4. The molecule has 0 amide bonds. The summed E-state index contributed by atoms with van der Waals surface area (Å²) in [5, 5.41) is 29.3. The Morgan fingerprint density at radius 2 is 1.96 bits per heavy atom. The SMILES string of the molecule is CCCC=CC(O)CC[C@H]1CC[C@H](O)[C@@H]1CCCCC(C)(C)CC(=O)O. The van der Waals surface area contributed by atoms with Gasteiger partial charge in [-0.25, -0.2) is 0 Å². The lowest BCUT2D eigenvalue weighted by Crippen LogP contribution is -2.21. The summed E-state index contributed by atoms with van der Waals surface area (Å²) in [4.78, 5) is 10.9. The third kappa shape index (κ3) is 9.18. The Labute approximate surface area is 159 Å². The van der Waals surface area contributed by atoms with Crippen LogP contribution in [0, 0.1) is 17.3 Å². The van der Waals surface area contributed by atoms with E-state index in [1.54, 1.807) is 0 Å². The van der Waals surface area contributed by atoms with Crippen LogP contribution in [0.3, 0.4) is 0 Å². The summed E-state index contributed by atoms with van der Waals surface area (Å²) in [6.45, 7) is 6.16. The Kier molecular flexibility index (Phi) is 10.5. The van der Waals surface area contributed by atoms with Crippen LogP contribution in [0.1, 0.15) is 91.4 Å². The third-order valence-electron chi connectivity index (χ3n) is 5.85. The van der Waals surface area contributed by atoms with Crippen molar-refractivity contribution in [2.45, 2.75) is 104 Å². The summed E-state index contributed by atoms with van der Waals surface area (Å²) in [6.07, 6.45) is 13.4. The second-order valence-corrected chi connectivity index (χ2v) is 8.91.